The average molecular weight is 286 g/mol. The molecule has 0 amide bonds. The Labute approximate surface area is 113 Å². The van der Waals surface area contributed by atoms with Crippen LogP contribution in [0.3, 0.4) is 0 Å². The minimum absolute atomic E-state index is 0.0700. The second-order valence-corrected chi connectivity index (χ2v) is 4.09. The Morgan fingerprint density at radius 1 is 1.25 bits per heavy atom. The molecular formula is C12H13F3N4O. The molecule has 0 saturated heterocycles. The zero-order valence-corrected chi connectivity index (χ0v) is 10.8. The van der Waals surface area contributed by atoms with E-state index < -0.39 is 12.0 Å². The Balaban J connectivity index is 2.27. The van der Waals surface area contributed by atoms with Crippen molar-refractivity contribution >= 4 is 11.6 Å². The smallest absolute Gasteiger partial charge is 0.451 e. The van der Waals surface area contributed by atoms with Crippen LogP contribution in [0.15, 0.2) is 28.9 Å². The van der Waals surface area contributed by atoms with Gasteiger partial charge in [-0.3, -0.25) is 0 Å². The number of halogens is 3. The Kier molecular flexibility index (Phi) is 3.82. The number of rotatable bonds is 4. The fraction of sp³-hybridized carbons (Fsp3) is 0.333. The molecule has 0 saturated carbocycles. The van der Waals surface area contributed by atoms with E-state index in [1.807, 2.05) is 0 Å². The third-order valence-corrected chi connectivity index (χ3v) is 2.57. The minimum atomic E-state index is -4.60. The molecule has 1 unspecified atom stereocenters. The highest BCUT2D eigenvalue weighted by molar-refractivity contribution is 5.48. The van der Waals surface area contributed by atoms with Crippen molar-refractivity contribution < 1.29 is 17.6 Å². The SMILES string of the molecule is CNc1cc(NC(C)c2ccco2)nc(C(F)(F)F)n1. The van der Waals surface area contributed by atoms with Crippen LogP contribution in [-0.2, 0) is 6.18 Å². The highest BCUT2D eigenvalue weighted by Gasteiger charge is 2.35. The molecular weight excluding hydrogens is 273 g/mol. The van der Waals surface area contributed by atoms with Gasteiger partial charge in [0.1, 0.15) is 17.4 Å². The van der Waals surface area contributed by atoms with Gasteiger partial charge >= 0.3 is 6.18 Å². The largest absolute Gasteiger partial charge is 0.467 e. The van der Waals surface area contributed by atoms with Crippen molar-refractivity contribution in [2.24, 2.45) is 0 Å². The van der Waals surface area contributed by atoms with E-state index in [9.17, 15) is 13.2 Å². The highest BCUT2D eigenvalue weighted by Crippen LogP contribution is 2.29. The van der Waals surface area contributed by atoms with E-state index in [0.29, 0.717) is 5.76 Å². The lowest BCUT2D eigenvalue weighted by atomic mass is 10.2. The quantitative estimate of drug-likeness (QED) is 0.903. The molecule has 0 fully saturated rings. The summed E-state index contributed by atoms with van der Waals surface area (Å²) in [4.78, 5) is 6.86. The molecule has 2 heterocycles. The molecule has 108 valence electrons. The van der Waals surface area contributed by atoms with Crippen LogP contribution in [0.25, 0.3) is 0 Å². The van der Waals surface area contributed by atoms with Gasteiger partial charge in [-0.05, 0) is 19.1 Å². The third kappa shape index (κ3) is 3.19. The van der Waals surface area contributed by atoms with Gasteiger partial charge in [-0.2, -0.15) is 13.2 Å². The van der Waals surface area contributed by atoms with Crippen LogP contribution in [0, 0.1) is 0 Å². The summed E-state index contributed by atoms with van der Waals surface area (Å²) in [5, 5.41) is 5.42. The van der Waals surface area contributed by atoms with Gasteiger partial charge in [-0.25, -0.2) is 9.97 Å². The summed E-state index contributed by atoms with van der Waals surface area (Å²) < 4.78 is 43.3. The van der Waals surface area contributed by atoms with Crippen molar-refractivity contribution in [2.45, 2.75) is 19.1 Å². The van der Waals surface area contributed by atoms with E-state index in [0.717, 1.165) is 0 Å². The predicted octanol–water partition coefficient (Wildman–Crippen LogP) is 3.30. The first-order chi connectivity index (χ1) is 9.40. The second-order valence-electron chi connectivity index (χ2n) is 4.09. The van der Waals surface area contributed by atoms with Crippen LogP contribution in [0.5, 0.6) is 0 Å². The van der Waals surface area contributed by atoms with Crippen molar-refractivity contribution in [1.82, 2.24) is 9.97 Å². The highest BCUT2D eigenvalue weighted by atomic mass is 19.4. The summed E-state index contributed by atoms with van der Waals surface area (Å²) >= 11 is 0. The normalized spacial score (nSPS) is 13.1. The van der Waals surface area contributed by atoms with Crippen LogP contribution in [0.4, 0.5) is 24.8 Å². The fourth-order valence-electron chi connectivity index (χ4n) is 1.61. The molecule has 2 rings (SSSR count). The van der Waals surface area contributed by atoms with Gasteiger partial charge in [0.2, 0.25) is 5.82 Å². The molecule has 20 heavy (non-hydrogen) atoms. The van der Waals surface area contributed by atoms with Crippen molar-refractivity contribution in [1.29, 1.82) is 0 Å². The van der Waals surface area contributed by atoms with Crippen LogP contribution in [0.2, 0.25) is 0 Å². The summed E-state index contributed by atoms with van der Waals surface area (Å²) in [6.07, 6.45) is -3.11. The maximum Gasteiger partial charge on any atom is 0.451 e. The summed E-state index contributed by atoms with van der Waals surface area (Å²) in [6.45, 7) is 1.76. The maximum absolute atomic E-state index is 12.7. The van der Waals surface area contributed by atoms with E-state index >= 15 is 0 Å². The first-order valence-corrected chi connectivity index (χ1v) is 5.84. The van der Waals surface area contributed by atoms with Crippen molar-refractivity contribution in [3.05, 3.63) is 36.0 Å². The molecule has 2 N–H and O–H groups in total. The van der Waals surface area contributed by atoms with Crippen LogP contribution in [0.1, 0.15) is 24.6 Å². The molecule has 0 bridgehead atoms. The third-order valence-electron chi connectivity index (χ3n) is 2.57. The lowest BCUT2D eigenvalue weighted by Crippen LogP contribution is -2.15. The zero-order chi connectivity index (χ0) is 14.8. The predicted molar refractivity (Wildman–Crippen MR) is 67.3 cm³/mol. The number of nitrogens with one attached hydrogen (secondary N) is 2. The van der Waals surface area contributed by atoms with Crippen LogP contribution in [-0.4, -0.2) is 17.0 Å². The van der Waals surface area contributed by atoms with Crippen molar-refractivity contribution in [3.63, 3.8) is 0 Å². The molecule has 0 radical (unpaired) electrons. The van der Waals surface area contributed by atoms with Gasteiger partial charge in [0.15, 0.2) is 0 Å². The molecule has 0 spiro atoms. The van der Waals surface area contributed by atoms with E-state index in [-0.39, 0.29) is 17.7 Å². The number of hydrogen-bond donors (Lipinski definition) is 2. The topological polar surface area (TPSA) is 63.0 Å². The molecule has 0 aromatic carbocycles. The number of alkyl halides is 3. The van der Waals surface area contributed by atoms with E-state index in [1.54, 1.807) is 19.1 Å². The lowest BCUT2D eigenvalue weighted by Gasteiger charge is -2.14. The summed E-state index contributed by atoms with van der Waals surface area (Å²) in [5.41, 5.74) is 0. The fourth-order valence-corrected chi connectivity index (χ4v) is 1.61. The molecule has 5 nitrogen and oxygen atoms in total. The number of anilines is 2. The van der Waals surface area contributed by atoms with Crippen LogP contribution < -0.4 is 10.6 Å². The van der Waals surface area contributed by atoms with Gasteiger partial charge in [-0.15, -0.1) is 0 Å². The standard InChI is InChI=1S/C12H13F3N4O/c1-7(8-4-3-5-20-8)17-10-6-9(16-2)18-11(19-10)12(13,14)15/h3-7H,1-2H3,(H2,16,17,18,19). The van der Waals surface area contributed by atoms with Gasteiger partial charge in [-0.1, -0.05) is 0 Å². The van der Waals surface area contributed by atoms with E-state index in [4.69, 9.17) is 4.42 Å². The second kappa shape index (κ2) is 5.40. The number of nitrogens with zero attached hydrogens (tertiary/aromatic N) is 2. The molecule has 0 aliphatic rings. The Morgan fingerprint density at radius 3 is 2.50 bits per heavy atom. The van der Waals surface area contributed by atoms with Crippen molar-refractivity contribution in [3.8, 4) is 0 Å². The lowest BCUT2D eigenvalue weighted by molar-refractivity contribution is -0.144. The number of hydrogen-bond acceptors (Lipinski definition) is 5. The minimum Gasteiger partial charge on any atom is -0.467 e. The Morgan fingerprint density at radius 2 is 1.95 bits per heavy atom. The molecule has 2 aromatic heterocycles. The average Bonchev–Trinajstić information content (AvgIpc) is 2.91. The summed E-state index contributed by atoms with van der Waals surface area (Å²) in [7, 11) is 1.49. The zero-order valence-electron chi connectivity index (χ0n) is 10.8. The molecule has 0 aliphatic carbocycles. The molecule has 2 aromatic rings. The van der Waals surface area contributed by atoms with Crippen LogP contribution >= 0.6 is 0 Å². The van der Waals surface area contributed by atoms with Gasteiger partial charge in [0.25, 0.3) is 0 Å². The molecule has 1 atom stereocenters. The van der Waals surface area contributed by atoms with E-state index in [2.05, 4.69) is 20.6 Å². The first-order valence-electron chi connectivity index (χ1n) is 5.84. The van der Waals surface area contributed by atoms with E-state index in [1.165, 1.54) is 19.4 Å². The van der Waals surface area contributed by atoms with Crippen molar-refractivity contribution in [2.75, 3.05) is 17.7 Å². The molecule has 8 heteroatoms. The Bertz CT molecular complexity index is 569. The summed E-state index contributed by atoms with van der Waals surface area (Å²) in [5.74, 6) is -0.441. The summed E-state index contributed by atoms with van der Waals surface area (Å²) in [6, 6.07) is 4.51. The monoisotopic (exact) mass is 286 g/mol. The van der Waals surface area contributed by atoms with Gasteiger partial charge in [0, 0.05) is 13.1 Å². The number of aromatic nitrogens is 2. The van der Waals surface area contributed by atoms with Gasteiger partial charge in [0.05, 0.1) is 12.3 Å². The van der Waals surface area contributed by atoms with Gasteiger partial charge < -0.3 is 15.1 Å². The maximum atomic E-state index is 12.7. The first kappa shape index (κ1) is 14.2. The number of furan rings is 1. The Hall–Kier alpha value is -2.25. The molecule has 0 aliphatic heterocycles.